The number of aryl methyl sites for hydroxylation is 1. The number of nitrogens with one attached hydrogen (secondary N) is 2. The molecule has 3 rings (SSSR count). The number of rotatable bonds is 5. The van der Waals surface area contributed by atoms with Gasteiger partial charge in [-0.05, 0) is 42.8 Å². The molecular weight excluding hydrogens is 422 g/mol. The summed E-state index contributed by atoms with van der Waals surface area (Å²) in [7, 11) is 0. The van der Waals surface area contributed by atoms with Crippen LogP contribution in [0.15, 0.2) is 53.3 Å². The molecule has 7 nitrogen and oxygen atoms in total. The molecule has 0 saturated heterocycles. The predicted molar refractivity (Wildman–Crippen MR) is 106 cm³/mol. The van der Waals surface area contributed by atoms with Crippen molar-refractivity contribution >= 4 is 56.2 Å². The molecule has 0 fully saturated rings. The Morgan fingerprint density at radius 3 is 2.54 bits per heavy atom. The topological polar surface area (TPSA) is 93.0 Å². The number of anilines is 4. The molecular formula is C17H13BrClN5O2. The van der Waals surface area contributed by atoms with Crippen molar-refractivity contribution in [2.24, 2.45) is 0 Å². The van der Waals surface area contributed by atoms with Gasteiger partial charge >= 0.3 is 5.69 Å². The zero-order chi connectivity index (χ0) is 18.7. The van der Waals surface area contributed by atoms with Gasteiger partial charge in [-0.15, -0.1) is 0 Å². The molecule has 0 spiro atoms. The van der Waals surface area contributed by atoms with Crippen LogP contribution in [0, 0.1) is 17.0 Å². The number of aromatic nitrogens is 2. The van der Waals surface area contributed by atoms with Crippen LogP contribution in [0.5, 0.6) is 0 Å². The van der Waals surface area contributed by atoms with Crippen LogP contribution in [0.3, 0.4) is 0 Å². The van der Waals surface area contributed by atoms with Gasteiger partial charge in [0.15, 0.2) is 0 Å². The van der Waals surface area contributed by atoms with Gasteiger partial charge in [0.25, 0.3) is 0 Å². The number of hydrogen-bond donors (Lipinski definition) is 2. The Hall–Kier alpha value is -2.71. The van der Waals surface area contributed by atoms with Gasteiger partial charge in [0.2, 0.25) is 11.6 Å². The van der Waals surface area contributed by atoms with E-state index in [4.69, 9.17) is 11.6 Å². The molecule has 0 aliphatic rings. The number of benzene rings is 2. The minimum Gasteiger partial charge on any atom is -0.334 e. The molecule has 0 saturated carbocycles. The van der Waals surface area contributed by atoms with Crippen molar-refractivity contribution in [1.82, 2.24) is 9.97 Å². The van der Waals surface area contributed by atoms with Gasteiger partial charge in [-0.25, -0.2) is 9.97 Å². The monoisotopic (exact) mass is 433 g/mol. The van der Waals surface area contributed by atoms with E-state index < -0.39 is 4.92 Å². The predicted octanol–water partition coefficient (Wildman–Crippen LogP) is 5.60. The molecule has 2 aromatic carbocycles. The summed E-state index contributed by atoms with van der Waals surface area (Å²) in [6.45, 7) is 1.87. The summed E-state index contributed by atoms with van der Waals surface area (Å²) in [5, 5.41) is 18.1. The zero-order valence-electron chi connectivity index (χ0n) is 13.5. The molecule has 0 bridgehead atoms. The van der Waals surface area contributed by atoms with Crippen molar-refractivity contribution in [3.63, 3.8) is 0 Å². The quantitative estimate of drug-likeness (QED) is 0.401. The lowest BCUT2D eigenvalue weighted by molar-refractivity contribution is -0.383. The summed E-state index contributed by atoms with van der Waals surface area (Å²) in [6, 6.07) is 12.5. The second-order valence-corrected chi connectivity index (χ2v) is 6.75. The van der Waals surface area contributed by atoms with Crippen LogP contribution in [-0.2, 0) is 0 Å². The third kappa shape index (κ3) is 4.09. The largest absolute Gasteiger partial charge is 0.353 e. The smallest absolute Gasteiger partial charge is 0.334 e. The molecule has 3 aromatic rings. The van der Waals surface area contributed by atoms with Gasteiger partial charge in [0.1, 0.15) is 6.33 Å². The van der Waals surface area contributed by atoms with E-state index in [0.717, 1.165) is 10.0 Å². The minimum atomic E-state index is -0.525. The highest BCUT2D eigenvalue weighted by atomic mass is 79.9. The van der Waals surface area contributed by atoms with E-state index in [-0.39, 0.29) is 17.3 Å². The number of nitro groups is 1. The van der Waals surface area contributed by atoms with Crippen LogP contribution in [0.2, 0.25) is 5.02 Å². The lowest BCUT2D eigenvalue weighted by Crippen LogP contribution is -2.06. The van der Waals surface area contributed by atoms with Crippen LogP contribution >= 0.6 is 27.5 Å². The van der Waals surface area contributed by atoms with Crippen LogP contribution < -0.4 is 10.6 Å². The molecule has 0 radical (unpaired) electrons. The van der Waals surface area contributed by atoms with Crippen molar-refractivity contribution in [2.75, 3.05) is 10.6 Å². The third-order valence-corrected chi connectivity index (χ3v) is 4.27. The van der Waals surface area contributed by atoms with Gasteiger partial charge in [-0.1, -0.05) is 39.7 Å². The normalized spacial score (nSPS) is 10.4. The molecule has 1 aromatic heterocycles. The summed E-state index contributed by atoms with van der Waals surface area (Å²) in [6.07, 6.45) is 1.26. The first-order valence-electron chi connectivity index (χ1n) is 7.49. The third-order valence-electron chi connectivity index (χ3n) is 3.54. The van der Waals surface area contributed by atoms with Crippen molar-refractivity contribution in [1.29, 1.82) is 0 Å². The fourth-order valence-corrected chi connectivity index (χ4v) is 2.87. The summed E-state index contributed by atoms with van der Waals surface area (Å²) in [4.78, 5) is 19.2. The Morgan fingerprint density at radius 1 is 1.12 bits per heavy atom. The van der Waals surface area contributed by atoms with Gasteiger partial charge in [0, 0.05) is 20.9 Å². The first-order chi connectivity index (χ1) is 12.4. The Labute approximate surface area is 162 Å². The van der Waals surface area contributed by atoms with Crippen LogP contribution in [0.4, 0.5) is 28.7 Å². The first kappa shape index (κ1) is 18.1. The maximum absolute atomic E-state index is 11.7. The molecule has 0 atom stereocenters. The molecule has 0 aliphatic heterocycles. The minimum absolute atomic E-state index is 0.0767. The molecule has 26 heavy (non-hydrogen) atoms. The summed E-state index contributed by atoms with van der Waals surface area (Å²) in [5.74, 6) is 0.165. The lowest BCUT2D eigenvalue weighted by atomic mass is 10.2. The molecule has 132 valence electrons. The molecule has 2 N–H and O–H groups in total. The average molecular weight is 435 g/mol. The van der Waals surface area contributed by atoms with Gasteiger partial charge < -0.3 is 10.6 Å². The van der Waals surface area contributed by atoms with Crippen molar-refractivity contribution in [2.45, 2.75) is 6.92 Å². The van der Waals surface area contributed by atoms with Gasteiger partial charge in [-0.2, -0.15) is 0 Å². The zero-order valence-corrected chi connectivity index (χ0v) is 15.9. The number of halogens is 2. The SMILES string of the molecule is Cc1ccc(Cl)cc1Nc1ncnc(Nc2cccc(Br)c2)c1[N+](=O)[O-]. The molecule has 9 heteroatoms. The standard InChI is InChI=1S/C17H13BrClN5O2/c1-10-5-6-12(19)8-14(10)23-17-15(24(25)26)16(20-9-21-17)22-13-4-2-3-11(18)7-13/h2-9H,1H3,(H2,20,21,22,23). The molecule has 0 unspecified atom stereocenters. The summed E-state index contributed by atoms with van der Waals surface area (Å²) in [5.41, 5.74) is 1.91. The highest BCUT2D eigenvalue weighted by molar-refractivity contribution is 9.10. The van der Waals surface area contributed by atoms with Crippen molar-refractivity contribution < 1.29 is 4.92 Å². The summed E-state index contributed by atoms with van der Waals surface area (Å²) < 4.78 is 0.840. The van der Waals surface area contributed by atoms with Crippen LogP contribution in [0.1, 0.15) is 5.56 Å². The van der Waals surface area contributed by atoms with Crippen LogP contribution in [0.25, 0.3) is 0 Å². The molecule has 0 amide bonds. The second kappa shape index (κ2) is 7.67. The Morgan fingerprint density at radius 2 is 1.85 bits per heavy atom. The lowest BCUT2D eigenvalue weighted by Gasteiger charge is -2.12. The van der Waals surface area contributed by atoms with E-state index in [1.54, 1.807) is 24.3 Å². The fraction of sp³-hybridized carbons (Fsp3) is 0.0588. The fourth-order valence-electron chi connectivity index (χ4n) is 2.29. The highest BCUT2D eigenvalue weighted by Gasteiger charge is 2.23. The van der Waals surface area contributed by atoms with Crippen LogP contribution in [-0.4, -0.2) is 14.9 Å². The maximum atomic E-state index is 11.7. The Kier molecular flexibility index (Phi) is 5.34. The Bertz CT molecular complexity index is 983. The van der Waals surface area contributed by atoms with Crippen molar-refractivity contribution in [3.05, 3.63) is 74.0 Å². The van der Waals surface area contributed by atoms with E-state index in [1.165, 1.54) is 6.33 Å². The molecule has 0 aliphatic carbocycles. The second-order valence-electron chi connectivity index (χ2n) is 5.40. The molecule has 1 heterocycles. The average Bonchev–Trinajstić information content (AvgIpc) is 2.58. The van der Waals surface area contributed by atoms with E-state index in [1.807, 2.05) is 25.1 Å². The van der Waals surface area contributed by atoms with E-state index in [0.29, 0.717) is 16.4 Å². The van der Waals surface area contributed by atoms with Gasteiger partial charge in [0.05, 0.1) is 4.92 Å². The van der Waals surface area contributed by atoms with E-state index >= 15 is 0 Å². The van der Waals surface area contributed by atoms with Crippen molar-refractivity contribution in [3.8, 4) is 0 Å². The Balaban J connectivity index is 2.01. The first-order valence-corrected chi connectivity index (χ1v) is 8.66. The van der Waals surface area contributed by atoms with E-state index in [2.05, 4.69) is 36.5 Å². The number of nitrogens with zero attached hydrogens (tertiary/aromatic N) is 3. The maximum Gasteiger partial charge on any atom is 0.353 e. The van der Waals surface area contributed by atoms with E-state index in [9.17, 15) is 10.1 Å². The summed E-state index contributed by atoms with van der Waals surface area (Å²) >= 11 is 9.38. The highest BCUT2D eigenvalue weighted by Crippen LogP contribution is 2.34. The van der Waals surface area contributed by atoms with Gasteiger partial charge in [-0.3, -0.25) is 10.1 Å². The number of hydrogen-bond acceptors (Lipinski definition) is 6.